The van der Waals surface area contributed by atoms with Crippen LogP contribution in [0.3, 0.4) is 0 Å². The van der Waals surface area contributed by atoms with E-state index in [1.807, 2.05) is 12.1 Å². The molecule has 1 amide bonds. The number of rotatable bonds is 6. The molecule has 1 saturated heterocycles. The number of amides is 1. The van der Waals surface area contributed by atoms with Gasteiger partial charge in [-0.05, 0) is 55.5 Å². The smallest absolute Gasteiger partial charge is 0.235 e. The van der Waals surface area contributed by atoms with Gasteiger partial charge in [0.15, 0.2) is 0 Å². The molecule has 0 atom stereocenters. The molecule has 1 N–H and O–H groups in total. The number of sulfonamides is 1. The van der Waals surface area contributed by atoms with E-state index in [0.29, 0.717) is 30.8 Å². The lowest BCUT2D eigenvalue weighted by molar-refractivity contribution is -0.116. The normalized spacial score (nSPS) is 15.8. The fraction of sp³-hybridized carbons (Fsp3) is 0.350. The summed E-state index contributed by atoms with van der Waals surface area (Å²) >= 11 is 0. The number of nitrogens with one attached hydrogen (secondary N) is 1. The van der Waals surface area contributed by atoms with E-state index >= 15 is 0 Å². The molecule has 2 aromatic carbocycles. The van der Waals surface area contributed by atoms with Gasteiger partial charge < -0.3 is 5.32 Å². The summed E-state index contributed by atoms with van der Waals surface area (Å²) in [5, 5.41) is 2.87. The Hall–Kier alpha value is -2.34. The van der Waals surface area contributed by atoms with E-state index in [1.54, 1.807) is 24.3 Å². The Morgan fingerprint density at radius 1 is 1.15 bits per heavy atom. The van der Waals surface area contributed by atoms with Crippen LogP contribution in [0, 0.1) is 6.92 Å². The monoisotopic (exact) mass is 372 g/mol. The highest BCUT2D eigenvalue weighted by Crippen LogP contribution is 2.26. The van der Waals surface area contributed by atoms with Crippen LogP contribution in [0.25, 0.3) is 0 Å². The molecule has 0 unspecified atom stereocenters. The highest BCUT2D eigenvalue weighted by molar-refractivity contribution is 7.93. The average molecular weight is 372 g/mol. The molecule has 0 radical (unpaired) electrons. The molecule has 3 rings (SSSR count). The number of hydrogen-bond acceptors (Lipinski definition) is 3. The van der Waals surface area contributed by atoms with Crippen molar-refractivity contribution >= 4 is 27.3 Å². The molecule has 2 aromatic rings. The van der Waals surface area contributed by atoms with Crippen molar-refractivity contribution in [2.45, 2.75) is 32.6 Å². The topological polar surface area (TPSA) is 66.5 Å². The number of hydrogen-bond donors (Lipinski definition) is 1. The summed E-state index contributed by atoms with van der Waals surface area (Å²) in [6.45, 7) is 2.57. The molecule has 0 aromatic heterocycles. The van der Waals surface area contributed by atoms with Crippen molar-refractivity contribution in [3.8, 4) is 0 Å². The number of carbonyl (C=O) groups is 1. The van der Waals surface area contributed by atoms with E-state index in [2.05, 4.69) is 24.4 Å². The van der Waals surface area contributed by atoms with Gasteiger partial charge in [0, 0.05) is 18.7 Å². The Kier molecular flexibility index (Phi) is 5.61. The van der Waals surface area contributed by atoms with Crippen LogP contribution < -0.4 is 9.62 Å². The first-order valence-corrected chi connectivity index (χ1v) is 10.5. The second-order valence-corrected chi connectivity index (χ2v) is 8.63. The van der Waals surface area contributed by atoms with Crippen LogP contribution in [0.5, 0.6) is 0 Å². The Morgan fingerprint density at radius 2 is 1.96 bits per heavy atom. The molecule has 138 valence electrons. The van der Waals surface area contributed by atoms with Crippen molar-refractivity contribution in [2.75, 3.05) is 21.9 Å². The number of aryl methyl sites for hydroxylation is 2. The number of nitrogens with zero attached hydrogens (tertiary/aromatic N) is 1. The van der Waals surface area contributed by atoms with Crippen LogP contribution in [-0.2, 0) is 21.2 Å². The van der Waals surface area contributed by atoms with Gasteiger partial charge in [0.1, 0.15) is 0 Å². The third-order valence-electron chi connectivity index (χ3n) is 4.63. The van der Waals surface area contributed by atoms with Gasteiger partial charge in [-0.15, -0.1) is 0 Å². The molecule has 1 heterocycles. The molecule has 6 heteroatoms. The van der Waals surface area contributed by atoms with Crippen molar-refractivity contribution in [1.82, 2.24) is 0 Å². The standard InChI is InChI=1S/C20H24N2O3S/c1-16-7-2-3-8-17(16)9-4-12-20(23)21-18-10-5-11-19(15-18)22-13-6-14-26(22,24)25/h2-3,5,7-8,10-11,15H,4,6,9,12-14H2,1H3,(H,21,23). The van der Waals surface area contributed by atoms with Gasteiger partial charge in [-0.25, -0.2) is 8.42 Å². The van der Waals surface area contributed by atoms with E-state index in [-0.39, 0.29) is 11.7 Å². The first-order chi connectivity index (χ1) is 12.5. The quantitative estimate of drug-likeness (QED) is 0.844. The predicted octanol–water partition coefficient (Wildman–Crippen LogP) is 3.50. The van der Waals surface area contributed by atoms with Crippen molar-refractivity contribution < 1.29 is 13.2 Å². The molecule has 1 aliphatic rings. The molecule has 0 saturated carbocycles. The summed E-state index contributed by atoms with van der Waals surface area (Å²) in [5.74, 6) is 0.127. The molecule has 0 bridgehead atoms. The van der Waals surface area contributed by atoms with Crippen molar-refractivity contribution in [3.05, 3.63) is 59.7 Å². The van der Waals surface area contributed by atoms with Crippen LogP contribution >= 0.6 is 0 Å². The minimum absolute atomic E-state index is 0.0555. The fourth-order valence-corrected chi connectivity index (χ4v) is 4.78. The zero-order valence-electron chi connectivity index (χ0n) is 14.9. The van der Waals surface area contributed by atoms with Gasteiger partial charge in [-0.2, -0.15) is 0 Å². The Balaban J connectivity index is 1.56. The maximum atomic E-state index is 12.2. The Bertz CT molecular complexity index is 893. The lowest BCUT2D eigenvalue weighted by Gasteiger charge is -2.17. The lowest BCUT2D eigenvalue weighted by Crippen LogP contribution is -2.25. The predicted molar refractivity (Wildman–Crippen MR) is 105 cm³/mol. The first-order valence-electron chi connectivity index (χ1n) is 8.90. The van der Waals surface area contributed by atoms with E-state index in [4.69, 9.17) is 0 Å². The summed E-state index contributed by atoms with van der Waals surface area (Å²) in [7, 11) is -3.21. The van der Waals surface area contributed by atoms with Gasteiger partial charge in [0.05, 0.1) is 11.4 Å². The van der Waals surface area contributed by atoms with E-state index < -0.39 is 10.0 Å². The molecule has 0 spiro atoms. The molecule has 26 heavy (non-hydrogen) atoms. The zero-order chi connectivity index (χ0) is 18.6. The van der Waals surface area contributed by atoms with Gasteiger partial charge in [-0.1, -0.05) is 30.3 Å². The summed E-state index contributed by atoms with van der Waals surface area (Å²) in [6, 6.07) is 15.2. The van der Waals surface area contributed by atoms with Crippen LogP contribution in [0.15, 0.2) is 48.5 Å². The molecule has 5 nitrogen and oxygen atoms in total. The molecular weight excluding hydrogens is 348 g/mol. The number of benzene rings is 2. The summed E-state index contributed by atoms with van der Waals surface area (Å²) in [6.07, 6.45) is 2.71. The minimum atomic E-state index is -3.21. The minimum Gasteiger partial charge on any atom is -0.326 e. The number of carbonyl (C=O) groups excluding carboxylic acids is 1. The summed E-state index contributed by atoms with van der Waals surface area (Å²) in [5.41, 5.74) is 3.75. The average Bonchev–Trinajstić information content (AvgIpc) is 2.96. The number of anilines is 2. The summed E-state index contributed by atoms with van der Waals surface area (Å²) < 4.78 is 25.5. The third-order valence-corrected chi connectivity index (χ3v) is 6.50. The largest absolute Gasteiger partial charge is 0.326 e. The second kappa shape index (κ2) is 7.91. The van der Waals surface area contributed by atoms with Crippen LogP contribution in [0.2, 0.25) is 0 Å². The fourth-order valence-electron chi connectivity index (χ4n) is 3.22. The van der Waals surface area contributed by atoms with E-state index in [9.17, 15) is 13.2 Å². The third kappa shape index (κ3) is 4.43. The van der Waals surface area contributed by atoms with E-state index in [1.165, 1.54) is 15.4 Å². The molecular formula is C20H24N2O3S. The van der Waals surface area contributed by atoms with Crippen LogP contribution in [0.1, 0.15) is 30.4 Å². The van der Waals surface area contributed by atoms with Crippen molar-refractivity contribution in [3.63, 3.8) is 0 Å². The molecule has 1 fully saturated rings. The zero-order valence-corrected chi connectivity index (χ0v) is 15.8. The van der Waals surface area contributed by atoms with E-state index in [0.717, 1.165) is 12.8 Å². The second-order valence-electron chi connectivity index (χ2n) is 6.62. The Labute approximate surface area is 155 Å². The maximum Gasteiger partial charge on any atom is 0.235 e. The van der Waals surface area contributed by atoms with Crippen molar-refractivity contribution in [2.24, 2.45) is 0 Å². The van der Waals surface area contributed by atoms with Crippen LogP contribution in [0.4, 0.5) is 11.4 Å². The highest BCUT2D eigenvalue weighted by atomic mass is 32.2. The van der Waals surface area contributed by atoms with Gasteiger partial charge in [0.25, 0.3) is 0 Å². The molecule has 1 aliphatic heterocycles. The van der Waals surface area contributed by atoms with Gasteiger partial charge in [0.2, 0.25) is 15.9 Å². The van der Waals surface area contributed by atoms with Crippen LogP contribution in [-0.4, -0.2) is 26.6 Å². The first kappa shape index (κ1) is 18.5. The Morgan fingerprint density at radius 3 is 2.69 bits per heavy atom. The van der Waals surface area contributed by atoms with Crippen molar-refractivity contribution in [1.29, 1.82) is 0 Å². The lowest BCUT2D eigenvalue weighted by atomic mass is 10.0. The highest BCUT2D eigenvalue weighted by Gasteiger charge is 2.28. The van der Waals surface area contributed by atoms with Gasteiger partial charge >= 0.3 is 0 Å². The summed E-state index contributed by atoms with van der Waals surface area (Å²) in [4.78, 5) is 12.2. The SMILES string of the molecule is Cc1ccccc1CCCC(=O)Nc1cccc(N2CCCS2(=O)=O)c1. The molecule has 0 aliphatic carbocycles. The van der Waals surface area contributed by atoms with Gasteiger partial charge in [-0.3, -0.25) is 9.10 Å². The maximum absolute atomic E-state index is 12.2.